The molecule has 1 heterocycles. The smallest absolute Gasteiger partial charge is 0.321 e. The lowest BCUT2D eigenvalue weighted by atomic mass is 9.99. The third kappa shape index (κ3) is 5.10. The lowest BCUT2D eigenvalue weighted by Gasteiger charge is -2.30. The summed E-state index contributed by atoms with van der Waals surface area (Å²) in [6, 6.07) is 12.0. The van der Waals surface area contributed by atoms with Crippen LogP contribution in [0.5, 0.6) is 0 Å². The molecule has 6 heteroatoms. The van der Waals surface area contributed by atoms with E-state index in [0.717, 1.165) is 31.3 Å². The summed E-state index contributed by atoms with van der Waals surface area (Å²) in [7, 11) is 0. The second-order valence-corrected chi connectivity index (χ2v) is 7.18. The summed E-state index contributed by atoms with van der Waals surface area (Å²) < 4.78 is 39.1. The fraction of sp³-hybridized carbons (Fsp3) is 0.381. The van der Waals surface area contributed by atoms with Crippen LogP contribution >= 0.6 is 0 Å². The third-order valence-electron chi connectivity index (χ3n) is 4.84. The van der Waals surface area contributed by atoms with E-state index in [1.54, 1.807) is 12.1 Å². The van der Waals surface area contributed by atoms with Gasteiger partial charge in [-0.25, -0.2) is 0 Å². The monoisotopic (exact) mass is 376 g/mol. The number of hydrogen-bond acceptors (Lipinski definition) is 2. The SMILES string of the molecule is C[C@H]1CCCN(Cc2ccc(C(=O)Nc3ccccc3C(F)(F)F)cc2)C1. The number of carbonyl (C=O) groups is 1. The number of piperidine rings is 1. The number of hydrogen-bond donors (Lipinski definition) is 1. The summed E-state index contributed by atoms with van der Waals surface area (Å²) in [5.41, 5.74) is 0.342. The number of para-hydroxylation sites is 1. The Morgan fingerprint density at radius 2 is 1.85 bits per heavy atom. The van der Waals surface area contributed by atoms with Crippen LogP contribution in [0, 0.1) is 5.92 Å². The van der Waals surface area contributed by atoms with Crippen molar-refractivity contribution in [3.05, 3.63) is 65.2 Å². The zero-order valence-electron chi connectivity index (χ0n) is 15.2. The highest BCUT2D eigenvalue weighted by atomic mass is 19.4. The molecule has 0 unspecified atom stereocenters. The number of anilines is 1. The molecule has 3 rings (SSSR count). The first-order valence-electron chi connectivity index (χ1n) is 9.12. The molecule has 2 aromatic carbocycles. The Kier molecular flexibility index (Phi) is 5.85. The molecular formula is C21H23F3N2O. The van der Waals surface area contributed by atoms with Crippen molar-refractivity contribution in [2.75, 3.05) is 18.4 Å². The van der Waals surface area contributed by atoms with E-state index in [1.165, 1.54) is 31.0 Å². The Morgan fingerprint density at radius 3 is 2.52 bits per heavy atom. The normalized spacial score (nSPS) is 18.3. The number of benzene rings is 2. The third-order valence-corrected chi connectivity index (χ3v) is 4.84. The van der Waals surface area contributed by atoms with Crippen molar-refractivity contribution in [3.63, 3.8) is 0 Å². The van der Waals surface area contributed by atoms with E-state index in [4.69, 9.17) is 0 Å². The van der Waals surface area contributed by atoms with Gasteiger partial charge in [-0.05, 0) is 55.1 Å². The van der Waals surface area contributed by atoms with Gasteiger partial charge in [0.15, 0.2) is 0 Å². The first-order valence-corrected chi connectivity index (χ1v) is 9.12. The number of nitrogens with zero attached hydrogens (tertiary/aromatic N) is 1. The number of carbonyl (C=O) groups excluding carboxylic acids is 1. The largest absolute Gasteiger partial charge is 0.418 e. The van der Waals surface area contributed by atoms with Gasteiger partial charge in [0, 0.05) is 18.7 Å². The lowest BCUT2D eigenvalue weighted by Crippen LogP contribution is -2.33. The van der Waals surface area contributed by atoms with Crippen molar-refractivity contribution in [3.8, 4) is 0 Å². The summed E-state index contributed by atoms with van der Waals surface area (Å²) in [6.07, 6.45) is -2.06. The molecule has 1 atom stereocenters. The average molecular weight is 376 g/mol. The molecule has 2 aromatic rings. The van der Waals surface area contributed by atoms with Crippen LogP contribution in [0.4, 0.5) is 18.9 Å². The van der Waals surface area contributed by atoms with Crippen LogP contribution in [0.25, 0.3) is 0 Å². The predicted molar refractivity (Wildman–Crippen MR) is 99.5 cm³/mol. The molecule has 0 spiro atoms. The zero-order chi connectivity index (χ0) is 19.4. The van der Waals surface area contributed by atoms with Crippen LogP contribution in [0.1, 0.15) is 41.3 Å². The van der Waals surface area contributed by atoms with Crippen molar-refractivity contribution in [2.45, 2.75) is 32.5 Å². The summed E-state index contributed by atoms with van der Waals surface area (Å²) in [4.78, 5) is 14.7. The van der Waals surface area contributed by atoms with Crippen molar-refractivity contribution in [2.24, 2.45) is 5.92 Å². The molecule has 0 aliphatic carbocycles. The van der Waals surface area contributed by atoms with Gasteiger partial charge in [-0.15, -0.1) is 0 Å². The Hall–Kier alpha value is -2.34. The maximum absolute atomic E-state index is 13.0. The number of rotatable bonds is 4. The lowest BCUT2D eigenvalue weighted by molar-refractivity contribution is -0.136. The molecule has 0 bridgehead atoms. The number of likely N-dealkylation sites (tertiary alicyclic amines) is 1. The highest BCUT2D eigenvalue weighted by Crippen LogP contribution is 2.34. The molecule has 144 valence electrons. The van der Waals surface area contributed by atoms with Crippen LogP contribution in [-0.2, 0) is 12.7 Å². The van der Waals surface area contributed by atoms with Crippen LogP contribution in [0.2, 0.25) is 0 Å². The first kappa shape index (κ1) is 19.4. The molecule has 1 aliphatic heterocycles. The van der Waals surface area contributed by atoms with E-state index in [2.05, 4.69) is 17.1 Å². The molecule has 0 radical (unpaired) electrons. The maximum atomic E-state index is 13.0. The topological polar surface area (TPSA) is 32.3 Å². The van der Waals surface area contributed by atoms with Crippen molar-refractivity contribution >= 4 is 11.6 Å². The summed E-state index contributed by atoms with van der Waals surface area (Å²) in [5, 5.41) is 2.37. The molecule has 27 heavy (non-hydrogen) atoms. The summed E-state index contributed by atoms with van der Waals surface area (Å²) in [5.74, 6) is 0.141. The standard InChI is InChI=1S/C21H23F3N2O/c1-15-5-4-12-26(13-15)14-16-8-10-17(11-9-16)20(27)25-19-7-3-2-6-18(19)21(22,23)24/h2-3,6-11,15H,4-5,12-14H2,1H3,(H,25,27)/t15-/m0/s1. The summed E-state index contributed by atoms with van der Waals surface area (Å²) >= 11 is 0. The quantitative estimate of drug-likeness (QED) is 0.796. The van der Waals surface area contributed by atoms with E-state index in [-0.39, 0.29) is 5.69 Å². The Morgan fingerprint density at radius 1 is 1.15 bits per heavy atom. The fourth-order valence-electron chi connectivity index (χ4n) is 3.48. The van der Waals surface area contributed by atoms with E-state index in [1.807, 2.05) is 12.1 Å². The second-order valence-electron chi connectivity index (χ2n) is 7.18. The minimum atomic E-state index is -4.51. The van der Waals surface area contributed by atoms with Crippen molar-refractivity contribution in [1.82, 2.24) is 4.90 Å². The van der Waals surface area contributed by atoms with Crippen LogP contribution < -0.4 is 5.32 Å². The maximum Gasteiger partial charge on any atom is 0.418 e. The molecule has 1 aliphatic rings. The summed E-state index contributed by atoms with van der Waals surface area (Å²) in [6.45, 7) is 5.21. The number of nitrogens with one attached hydrogen (secondary N) is 1. The van der Waals surface area contributed by atoms with Gasteiger partial charge in [0.25, 0.3) is 5.91 Å². The number of amides is 1. The van der Waals surface area contributed by atoms with Gasteiger partial charge in [-0.3, -0.25) is 9.69 Å². The zero-order valence-corrected chi connectivity index (χ0v) is 15.2. The van der Waals surface area contributed by atoms with Crippen molar-refractivity contribution in [1.29, 1.82) is 0 Å². The van der Waals surface area contributed by atoms with E-state index < -0.39 is 17.6 Å². The minimum Gasteiger partial charge on any atom is -0.321 e. The first-order chi connectivity index (χ1) is 12.8. The average Bonchev–Trinajstić information content (AvgIpc) is 2.62. The van der Waals surface area contributed by atoms with Crippen molar-refractivity contribution < 1.29 is 18.0 Å². The van der Waals surface area contributed by atoms with Crippen LogP contribution in [-0.4, -0.2) is 23.9 Å². The van der Waals surface area contributed by atoms with Gasteiger partial charge in [-0.2, -0.15) is 13.2 Å². The Balaban J connectivity index is 1.66. The molecule has 3 nitrogen and oxygen atoms in total. The highest BCUT2D eigenvalue weighted by Gasteiger charge is 2.33. The molecule has 1 saturated heterocycles. The van der Waals surface area contributed by atoms with Gasteiger partial charge >= 0.3 is 6.18 Å². The predicted octanol–water partition coefficient (Wildman–Crippen LogP) is 5.19. The molecule has 0 aromatic heterocycles. The van der Waals surface area contributed by atoms with E-state index >= 15 is 0 Å². The Labute approximate surface area is 157 Å². The van der Waals surface area contributed by atoms with Crippen LogP contribution in [0.3, 0.4) is 0 Å². The number of halogens is 3. The molecular weight excluding hydrogens is 353 g/mol. The van der Waals surface area contributed by atoms with E-state index in [9.17, 15) is 18.0 Å². The molecule has 1 amide bonds. The van der Waals surface area contributed by atoms with Gasteiger partial charge in [-0.1, -0.05) is 31.2 Å². The molecule has 1 fully saturated rings. The molecule has 0 saturated carbocycles. The van der Waals surface area contributed by atoms with E-state index in [0.29, 0.717) is 11.5 Å². The fourth-order valence-corrected chi connectivity index (χ4v) is 3.48. The molecule has 1 N–H and O–H groups in total. The second kappa shape index (κ2) is 8.13. The van der Waals surface area contributed by atoms with Gasteiger partial charge in [0.05, 0.1) is 11.3 Å². The highest BCUT2D eigenvalue weighted by molar-refractivity contribution is 6.04. The van der Waals surface area contributed by atoms with Crippen LogP contribution in [0.15, 0.2) is 48.5 Å². The Bertz CT molecular complexity index is 787. The number of alkyl halides is 3. The minimum absolute atomic E-state index is 0.235. The van der Waals surface area contributed by atoms with Gasteiger partial charge < -0.3 is 5.32 Å². The van der Waals surface area contributed by atoms with Gasteiger partial charge in [0.1, 0.15) is 0 Å². The van der Waals surface area contributed by atoms with Gasteiger partial charge in [0.2, 0.25) is 0 Å².